The molecule has 0 bridgehead atoms. The van der Waals surface area contributed by atoms with Gasteiger partial charge in [-0.2, -0.15) is 0 Å². The Bertz CT molecular complexity index is 532. The van der Waals surface area contributed by atoms with Crippen molar-refractivity contribution in [1.82, 2.24) is 9.80 Å². The smallest absolute Gasteiger partial charge is 0.253 e. The van der Waals surface area contributed by atoms with Crippen LogP contribution in [0.5, 0.6) is 5.75 Å². The number of amides is 1. The lowest BCUT2D eigenvalue weighted by Crippen LogP contribution is -2.49. The van der Waals surface area contributed by atoms with Crippen LogP contribution >= 0.6 is 0 Å². The van der Waals surface area contributed by atoms with E-state index in [1.807, 2.05) is 29.2 Å². The molecular weight excluding hydrogens is 304 g/mol. The minimum atomic E-state index is 0.129. The molecule has 3 rings (SSSR count). The van der Waals surface area contributed by atoms with Crippen molar-refractivity contribution in [3.05, 3.63) is 29.8 Å². The number of rotatable bonds is 4. The van der Waals surface area contributed by atoms with Crippen LogP contribution in [0.3, 0.4) is 0 Å². The molecule has 2 heterocycles. The summed E-state index contributed by atoms with van der Waals surface area (Å²) in [6.45, 7) is 3.43. The van der Waals surface area contributed by atoms with Crippen molar-refractivity contribution in [3.8, 4) is 5.75 Å². The largest absolute Gasteiger partial charge is 0.497 e. The molecule has 2 fully saturated rings. The first-order valence-corrected chi connectivity index (χ1v) is 8.92. The second kappa shape index (κ2) is 7.99. The normalized spacial score (nSPS) is 20.4. The zero-order valence-electron chi connectivity index (χ0n) is 14.7. The maximum Gasteiger partial charge on any atom is 0.253 e. The van der Waals surface area contributed by atoms with E-state index in [-0.39, 0.29) is 5.91 Å². The molecule has 24 heavy (non-hydrogen) atoms. The molecule has 132 valence electrons. The number of nitrogens with zero attached hydrogens (tertiary/aromatic N) is 2. The highest BCUT2D eigenvalue weighted by molar-refractivity contribution is 5.94. The Kier molecular flexibility index (Phi) is 5.74. The second-order valence-electron chi connectivity index (χ2n) is 6.76. The van der Waals surface area contributed by atoms with Gasteiger partial charge >= 0.3 is 0 Å². The van der Waals surface area contributed by atoms with Crippen LogP contribution in [0.4, 0.5) is 0 Å². The van der Waals surface area contributed by atoms with Crippen molar-refractivity contribution in [1.29, 1.82) is 0 Å². The van der Waals surface area contributed by atoms with Gasteiger partial charge in [0.15, 0.2) is 0 Å². The molecule has 5 nitrogen and oxygen atoms in total. The Hall–Kier alpha value is -1.59. The van der Waals surface area contributed by atoms with Crippen LogP contribution in [0.2, 0.25) is 0 Å². The van der Waals surface area contributed by atoms with Gasteiger partial charge in [0.05, 0.1) is 7.11 Å². The molecule has 2 aliphatic heterocycles. The predicted octanol–water partition coefficient (Wildman–Crippen LogP) is 2.41. The average Bonchev–Trinajstić information content (AvgIpc) is 2.68. The van der Waals surface area contributed by atoms with E-state index in [0.717, 1.165) is 63.3 Å². The summed E-state index contributed by atoms with van der Waals surface area (Å²) in [6.07, 6.45) is 4.36. The fourth-order valence-corrected chi connectivity index (χ4v) is 3.78. The summed E-state index contributed by atoms with van der Waals surface area (Å²) in [7, 11) is 3.87. The van der Waals surface area contributed by atoms with E-state index in [4.69, 9.17) is 9.47 Å². The molecule has 0 aromatic heterocycles. The van der Waals surface area contributed by atoms with Crippen molar-refractivity contribution in [3.63, 3.8) is 0 Å². The third kappa shape index (κ3) is 3.90. The summed E-state index contributed by atoms with van der Waals surface area (Å²) in [5.74, 6) is 0.910. The molecule has 1 aromatic carbocycles. The number of methoxy groups -OCH3 is 1. The highest BCUT2D eigenvalue weighted by atomic mass is 16.5. The highest BCUT2D eigenvalue weighted by Gasteiger charge is 2.29. The molecule has 0 atom stereocenters. The fourth-order valence-electron chi connectivity index (χ4n) is 3.78. The average molecular weight is 332 g/mol. The topological polar surface area (TPSA) is 42.0 Å². The van der Waals surface area contributed by atoms with Gasteiger partial charge in [0.2, 0.25) is 0 Å². The fraction of sp³-hybridized carbons (Fsp3) is 0.632. The zero-order valence-corrected chi connectivity index (χ0v) is 14.7. The van der Waals surface area contributed by atoms with Crippen LogP contribution in [0, 0.1) is 0 Å². The lowest BCUT2D eigenvalue weighted by atomic mass is 9.98. The molecule has 0 aliphatic carbocycles. The van der Waals surface area contributed by atoms with Crippen LogP contribution in [-0.4, -0.2) is 68.3 Å². The van der Waals surface area contributed by atoms with E-state index in [1.165, 1.54) is 0 Å². The maximum absolute atomic E-state index is 12.6. The van der Waals surface area contributed by atoms with E-state index in [1.54, 1.807) is 7.11 Å². The SMILES string of the molecule is COc1ccc(C(=O)N2CCC(N(C)C3CCOCC3)CC2)cc1. The first kappa shape index (κ1) is 17.2. The summed E-state index contributed by atoms with van der Waals surface area (Å²) < 4.78 is 10.6. The van der Waals surface area contributed by atoms with Gasteiger partial charge in [-0.25, -0.2) is 0 Å². The Morgan fingerprint density at radius 1 is 1.08 bits per heavy atom. The Labute approximate surface area is 144 Å². The summed E-state index contributed by atoms with van der Waals surface area (Å²) in [6, 6.07) is 8.60. The molecule has 1 amide bonds. The van der Waals surface area contributed by atoms with Crippen molar-refractivity contribution in [2.24, 2.45) is 0 Å². The molecule has 5 heteroatoms. The van der Waals surface area contributed by atoms with Crippen LogP contribution in [-0.2, 0) is 4.74 Å². The third-order valence-electron chi connectivity index (χ3n) is 5.43. The van der Waals surface area contributed by atoms with Crippen molar-refractivity contribution in [2.75, 3.05) is 40.5 Å². The number of hydrogen-bond donors (Lipinski definition) is 0. The highest BCUT2D eigenvalue weighted by Crippen LogP contribution is 2.23. The van der Waals surface area contributed by atoms with Gasteiger partial charge in [0.1, 0.15) is 5.75 Å². The lowest BCUT2D eigenvalue weighted by molar-refractivity contribution is 0.0152. The molecule has 0 N–H and O–H groups in total. The van der Waals surface area contributed by atoms with Crippen LogP contribution in [0.25, 0.3) is 0 Å². The first-order chi connectivity index (χ1) is 11.7. The molecule has 0 spiro atoms. The van der Waals surface area contributed by atoms with E-state index in [9.17, 15) is 4.79 Å². The van der Waals surface area contributed by atoms with Crippen LogP contribution in [0.1, 0.15) is 36.0 Å². The standard InChI is InChI=1S/C19H28N2O3/c1-20(17-9-13-24-14-10-17)16-7-11-21(12-8-16)19(22)15-3-5-18(23-2)6-4-15/h3-6,16-17H,7-14H2,1-2H3. The van der Waals surface area contributed by atoms with Gasteiger partial charge in [0, 0.05) is 44.0 Å². The predicted molar refractivity (Wildman–Crippen MR) is 93.5 cm³/mol. The van der Waals surface area contributed by atoms with E-state index in [2.05, 4.69) is 11.9 Å². The zero-order chi connectivity index (χ0) is 16.9. The minimum Gasteiger partial charge on any atom is -0.497 e. The number of ether oxygens (including phenoxy) is 2. The van der Waals surface area contributed by atoms with Crippen LogP contribution < -0.4 is 4.74 Å². The van der Waals surface area contributed by atoms with Gasteiger partial charge in [-0.3, -0.25) is 4.79 Å². The van der Waals surface area contributed by atoms with Gasteiger partial charge in [-0.05, 0) is 57.0 Å². The van der Waals surface area contributed by atoms with Gasteiger partial charge in [-0.15, -0.1) is 0 Å². The molecule has 2 aliphatic rings. The van der Waals surface area contributed by atoms with Gasteiger partial charge in [-0.1, -0.05) is 0 Å². The van der Waals surface area contributed by atoms with Crippen molar-refractivity contribution in [2.45, 2.75) is 37.8 Å². The number of hydrogen-bond acceptors (Lipinski definition) is 4. The number of benzene rings is 1. The van der Waals surface area contributed by atoms with Crippen molar-refractivity contribution >= 4 is 5.91 Å². The van der Waals surface area contributed by atoms with E-state index >= 15 is 0 Å². The lowest BCUT2D eigenvalue weighted by Gasteiger charge is -2.41. The van der Waals surface area contributed by atoms with Gasteiger partial charge < -0.3 is 19.3 Å². The van der Waals surface area contributed by atoms with E-state index < -0.39 is 0 Å². The number of carbonyl (C=O) groups excluding carboxylic acids is 1. The molecular formula is C19H28N2O3. The Balaban J connectivity index is 1.53. The second-order valence-corrected chi connectivity index (χ2v) is 6.76. The van der Waals surface area contributed by atoms with Crippen LogP contribution in [0.15, 0.2) is 24.3 Å². The number of carbonyl (C=O) groups is 1. The Morgan fingerprint density at radius 3 is 2.25 bits per heavy atom. The van der Waals surface area contributed by atoms with Gasteiger partial charge in [0.25, 0.3) is 5.91 Å². The number of likely N-dealkylation sites (tertiary alicyclic amines) is 1. The molecule has 0 radical (unpaired) electrons. The minimum absolute atomic E-state index is 0.129. The number of piperidine rings is 1. The first-order valence-electron chi connectivity index (χ1n) is 8.92. The summed E-state index contributed by atoms with van der Waals surface area (Å²) in [5.41, 5.74) is 0.743. The van der Waals surface area contributed by atoms with Crippen molar-refractivity contribution < 1.29 is 14.3 Å². The Morgan fingerprint density at radius 2 is 1.67 bits per heavy atom. The third-order valence-corrected chi connectivity index (χ3v) is 5.43. The molecule has 2 saturated heterocycles. The summed E-state index contributed by atoms with van der Waals surface area (Å²) >= 11 is 0. The monoisotopic (exact) mass is 332 g/mol. The molecule has 0 saturated carbocycles. The maximum atomic E-state index is 12.6. The molecule has 1 aromatic rings. The molecule has 0 unspecified atom stereocenters. The summed E-state index contributed by atoms with van der Waals surface area (Å²) in [5, 5.41) is 0. The summed E-state index contributed by atoms with van der Waals surface area (Å²) in [4.78, 5) is 17.1. The quantitative estimate of drug-likeness (QED) is 0.849. The van der Waals surface area contributed by atoms with E-state index in [0.29, 0.717) is 12.1 Å².